The quantitative estimate of drug-likeness (QED) is 0.177. The highest BCUT2D eigenvalue weighted by atomic mass is 35.5. The van der Waals surface area contributed by atoms with Gasteiger partial charge in [-0.3, -0.25) is 4.79 Å². The molecule has 0 unspecified atom stereocenters. The molecular formula is C26H20ClN3O2S2. The number of aryl methyl sites for hydroxylation is 1. The first-order valence-corrected chi connectivity index (χ1v) is 12.7. The van der Waals surface area contributed by atoms with E-state index in [0.29, 0.717) is 21.6 Å². The van der Waals surface area contributed by atoms with Gasteiger partial charge in [0.1, 0.15) is 10.6 Å². The van der Waals surface area contributed by atoms with Crippen molar-refractivity contribution in [3.8, 4) is 5.75 Å². The molecule has 3 aromatic carbocycles. The van der Waals surface area contributed by atoms with Crippen LogP contribution < -0.4 is 9.75 Å². The van der Waals surface area contributed by atoms with Crippen molar-refractivity contribution in [3.05, 3.63) is 87.8 Å². The predicted octanol–water partition coefficient (Wildman–Crippen LogP) is 7.55. The lowest BCUT2D eigenvalue weighted by molar-refractivity contribution is 0.0992. The van der Waals surface area contributed by atoms with Crippen LogP contribution in [0.4, 0.5) is 5.13 Å². The molecular weight excluding hydrogens is 486 g/mol. The van der Waals surface area contributed by atoms with Gasteiger partial charge in [-0.25, -0.2) is 4.98 Å². The van der Waals surface area contributed by atoms with Crippen LogP contribution in [0.2, 0.25) is 5.02 Å². The van der Waals surface area contributed by atoms with E-state index >= 15 is 0 Å². The summed E-state index contributed by atoms with van der Waals surface area (Å²) in [5.74, 6) is 0.468. The molecule has 0 aliphatic heterocycles. The third-order valence-electron chi connectivity index (χ3n) is 5.15. The van der Waals surface area contributed by atoms with E-state index in [9.17, 15) is 4.79 Å². The molecule has 34 heavy (non-hydrogen) atoms. The zero-order chi connectivity index (χ0) is 23.7. The summed E-state index contributed by atoms with van der Waals surface area (Å²) < 4.78 is 7.45. The van der Waals surface area contributed by atoms with E-state index in [0.717, 1.165) is 37.2 Å². The maximum absolute atomic E-state index is 13.7. The second-order valence-corrected chi connectivity index (χ2v) is 10.0. The van der Waals surface area contributed by atoms with Gasteiger partial charge in [0.15, 0.2) is 0 Å². The fourth-order valence-electron chi connectivity index (χ4n) is 3.49. The first kappa shape index (κ1) is 22.5. The van der Waals surface area contributed by atoms with E-state index in [1.165, 1.54) is 27.7 Å². The lowest BCUT2D eigenvalue weighted by atomic mass is 10.2. The van der Waals surface area contributed by atoms with Crippen molar-refractivity contribution in [2.45, 2.75) is 13.8 Å². The maximum Gasteiger partial charge on any atom is 0.292 e. The Labute approximate surface area is 209 Å². The van der Waals surface area contributed by atoms with Crippen molar-refractivity contribution in [1.29, 1.82) is 0 Å². The number of carbonyl (C=O) groups excluding carboxylic acids is 1. The lowest BCUT2D eigenvalue weighted by Crippen LogP contribution is -2.25. The van der Waals surface area contributed by atoms with Crippen LogP contribution in [0.15, 0.2) is 71.8 Å². The molecule has 0 bridgehead atoms. The zero-order valence-corrected chi connectivity index (χ0v) is 20.9. The van der Waals surface area contributed by atoms with Crippen LogP contribution in [0.1, 0.15) is 27.7 Å². The molecule has 0 fully saturated rings. The molecule has 5 nitrogen and oxygen atoms in total. The molecule has 0 saturated carbocycles. The smallest absolute Gasteiger partial charge is 0.292 e. The number of fused-ring (bicyclic) bond motifs is 2. The number of hydrogen-bond donors (Lipinski definition) is 0. The SMILES string of the molecule is CCOc1ccc(/C=N/N(C(=O)c2sc3ccccc3c2Cl)c2nc3ccc(C)cc3s2)cc1. The Hall–Kier alpha value is -3.26. The summed E-state index contributed by atoms with van der Waals surface area (Å²) in [5.41, 5.74) is 2.79. The number of hydrazone groups is 1. The summed E-state index contributed by atoms with van der Waals surface area (Å²) in [5, 5.41) is 7.68. The number of anilines is 1. The largest absolute Gasteiger partial charge is 0.494 e. The van der Waals surface area contributed by atoms with Crippen LogP contribution in [0, 0.1) is 6.92 Å². The second-order valence-electron chi connectivity index (χ2n) is 7.57. The Morgan fingerprint density at radius 2 is 1.88 bits per heavy atom. The van der Waals surface area contributed by atoms with E-state index in [2.05, 4.69) is 16.2 Å². The maximum atomic E-state index is 13.7. The molecule has 2 aromatic heterocycles. The van der Waals surface area contributed by atoms with Gasteiger partial charge >= 0.3 is 0 Å². The Bertz CT molecular complexity index is 1520. The molecule has 170 valence electrons. The summed E-state index contributed by atoms with van der Waals surface area (Å²) in [6.45, 7) is 4.57. The number of rotatable bonds is 6. The summed E-state index contributed by atoms with van der Waals surface area (Å²) >= 11 is 9.41. The fourth-order valence-corrected chi connectivity index (χ4v) is 5.95. The monoisotopic (exact) mass is 505 g/mol. The van der Waals surface area contributed by atoms with Crippen molar-refractivity contribution in [2.75, 3.05) is 11.6 Å². The summed E-state index contributed by atoms with van der Waals surface area (Å²) in [7, 11) is 0. The average Bonchev–Trinajstić information content (AvgIpc) is 3.41. The number of nitrogens with zero attached hydrogens (tertiary/aromatic N) is 3. The Balaban J connectivity index is 1.56. The summed E-state index contributed by atoms with van der Waals surface area (Å²) in [6.07, 6.45) is 1.65. The highest BCUT2D eigenvalue weighted by Gasteiger charge is 2.26. The fraction of sp³-hybridized carbons (Fsp3) is 0.115. The molecule has 1 amide bonds. The van der Waals surface area contributed by atoms with Gasteiger partial charge in [-0.1, -0.05) is 47.2 Å². The van der Waals surface area contributed by atoms with E-state index in [1.807, 2.05) is 74.5 Å². The molecule has 0 aliphatic rings. The number of thiazole rings is 1. The van der Waals surface area contributed by atoms with Gasteiger partial charge in [-0.2, -0.15) is 10.1 Å². The first-order chi connectivity index (χ1) is 16.5. The minimum Gasteiger partial charge on any atom is -0.494 e. The summed E-state index contributed by atoms with van der Waals surface area (Å²) in [4.78, 5) is 18.8. The Kier molecular flexibility index (Phi) is 6.32. The molecule has 0 spiro atoms. The van der Waals surface area contributed by atoms with Crippen molar-refractivity contribution >= 4 is 71.8 Å². The van der Waals surface area contributed by atoms with Gasteiger partial charge in [0.2, 0.25) is 5.13 Å². The average molecular weight is 506 g/mol. The Morgan fingerprint density at radius 3 is 2.65 bits per heavy atom. The van der Waals surface area contributed by atoms with Crippen LogP contribution in [0.25, 0.3) is 20.3 Å². The van der Waals surface area contributed by atoms with Crippen LogP contribution in [-0.2, 0) is 0 Å². The van der Waals surface area contributed by atoms with Gasteiger partial charge in [0.05, 0.1) is 28.1 Å². The van der Waals surface area contributed by atoms with Gasteiger partial charge < -0.3 is 4.74 Å². The van der Waals surface area contributed by atoms with Gasteiger partial charge in [0, 0.05) is 10.1 Å². The van der Waals surface area contributed by atoms with Crippen LogP contribution in [-0.4, -0.2) is 23.7 Å². The predicted molar refractivity (Wildman–Crippen MR) is 143 cm³/mol. The number of amides is 1. The third-order valence-corrected chi connectivity index (χ3v) is 7.81. The van der Waals surface area contributed by atoms with Crippen molar-refractivity contribution in [3.63, 3.8) is 0 Å². The highest BCUT2D eigenvalue weighted by Crippen LogP contribution is 2.38. The minimum absolute atomic E-state index is 0.316. The lowest BCUT2D eigenvalue weighted by Gasteiger charge is -2.13. The van der Waals surface area contributed by atoms with Crippen LogP contribution in [0.5, 0.6) is 5.75 Å². The molecule has 5 aromatic rings. The number of hydrogen-bond acceptors (Lipinski definition) is 6. The molecule has 0 atom stereocenters. The van der Waals surface area contributed by atoms with Crippen LogP contribution in [0.3, 0.4) is 0 Å². The van der Waals surface area contributed by atoms with Gasteiger partial charge in [-0.15, -0.1) is 11.3 Å². The van der Waals surface area contributed by atoms with Gasteiger partial charge in [-0.05, 0) is 67.4 Å². The number of benzene rings is 3. The zero-order valence-electron chi connectivity index (χ0n) is 18.5. The first-order valence-electron chi connectivity index (χ1n) is 10.7. The van der Waals surface area contributed by atoms with Crippen molar-refractivity contribution in [2.24, 2.45) is 5.10 Å². The second kappa shape index (κ2) is 9.54. The summed E-state index contributed by atoms with van der Waals surface area (Å²) in [6, 6.07) is 21.3. The number of ether oxygens (including phenoxy) is 1. The van der Waals surface area contributed by atoms with Gasteiger partial charge in [0.25, 0.3) is 5.91 Å². The molecule has 8 heteroatoms. The van der Waals surface area contributed by atoms with Crippen LogP contribution >= 0.6 is 34.3 Å². The Morgan fingerprint density at radius 1 is 1.09 bits per heavy atom. The van der Waals surface area contributed by atoms with E-state index in [1.54, 1.807) is 6.21 Å². The molecule has 0 radical (unpaired) electrons. The normalized spacial score (nSPS) is 11.5. The number of aromatic nitrogens is 1. The minimum atomic E-state index is -0.316. The van der Waals surface area contributed by atoms with Crippen molar-refractivity contribution < 1.29 is 9.53 Å². The number of thiophene rings is 1. The standard InChI is InChI=1S/C26H20ClN3O2S2/c1-3-32-18-11-9-17(10-12-18)15-28-30(26-29-20-13-8-16(2)14-22(20)34-26)25(31)24-23(27)19-6-4-5-7-21(19)33-24/h4-15H,3H2,1-2H3/b28-15+. The molecule has 2 heterocycles. The van der Waals surface area contributed by atoms with E-state index in [-0.39, 0.29) is 5.91 Å². The molecule has 0 saturated heterocycles. The third kappa shape index (κ3) is 4.42. The number of halogens is 1. The molecule has 5 rings (SSSR count). The van der Waals surface area contributed by atoms with Crippen molar-refractivity contribution in [1.82, 2.24) is 4.98 Å². The topological polar surface area (TPSA) is 54.8 Å². The van der Waals surface area contributed by atoms with E-state index < -0.39 is 0 Å². The van der Waals surface area contributed by atoms with E-state index in [4.69, 9.17) is 16.3 Å². The number of carbonyl (C=O) groups is 1. The molecule has 0 aliphatic carbocycles. The highest BCUT2D eigenvalue weighted by molar-refractivity contribution is 7.23. The molecule has 0 N–H and O–H groups in total.